The zero-order valence-electron chi connectivity index (χ0n) is 16.9. The van der Waals surface area contributed by atoms with E-state index in [-0.39, 0.29) is 30.0 Å². The van der Waals surface area contributed by atoms with E-state index < -0.39 is 0 Å². The zero-order chi connectivity index (χ0) is 18.4. The fourth-order valence-electron chi connectivity index (χ4n) is 4.07. The van der Waals surface area contributed by atoms with E-state index in [4.69, 9.17) is 14.1 Å². The molecule has 0 saturated carbocycles. The van der Waals surface area contributed by atoms with E-state index in [1.54, 1.807) is 7.11 Å². The summed E-state index contributed by atoms with van der Waals surface area (Å²) in [5.41, 5.74) is 0. The Morgan fingerprint density at radius 1 is 1.33 bits per heavy atom. The van der Waals surface area contributed by atoms with Gasteiger partial charge in [-0.1, -0.05) is 0 Å². The van der Waals surface area contributed by atoms with Crippen LogP contribution in [0.4, 0.5) is 0 Å². The van der Waals surface area contributed by atoms with E-state index in [1.807, 2.05) is 6.92 Å². The number of guanidine groups is 1. The number of furan rings is 1. The van der Waals surface area contributed by atoms with E-state index in [0.29, 0.717) is 5.92 Å². The van der Waals surface area contributed by atoms with E-state index in [2.05, 4.69) is 34.2 Å². The molecule has 2 atom stereocenters. The van der Waals surface area contributed by atoms with Crippen LogP contribution < -0.4 is 5.32 Å². The lowest BCUT2D eigenvalue weighted by atomic mass is 10.1. The third-order valence-electron chi connectivity index (χ3n) is 5.41. The summed E-state index contributed by atoms with van der Waals surface area (Å²) in [7, 11) is 1.79. The van der Waals surface area contributed by atoms with Crippen molar-refractivity contribution in [2.75, 3.05) is 53.0 Å². The fourth-order valence-corrected chi connectivity index (χ4v) is 4.07. The van der Waals surface area contributed by atoms with Crippen LogP contribution in [-0.2, 0) is 4.74 Å². The summed E-state index contributed by atoms with van der Waals surface area (Å²) >= 11 is 0. The molecule has 0 aromatic carbocycles. The molecule has 1 aromatic rings. The number of hydrogen-bond donors (Lipinski definition) is 1. The first-order chi connectivity index (χ1) is 12.7. The standard InChI is InChI=1S/C20H34N4O2.HI/c1-4-21-20(24-12-9-17(14-24)15-25-3)22-13-18(23-10-5-6-11-23)19-8-7-16(2)26-19;/h7-8,17-18H,4-6,9-15H2,1-3H3,(H,21,22);1H. The molecular weight excluding hydrogens is 455 g/mol. The van der Waals surface area contributed by atoms with Crippen molar-refractivity contribution in [2.24, 2.45) is 10.9 Å². The molecule has 0 radical (unpaired) electrons. The molecule has 0 aliphatic carbocycles. The van der Waals surface area contributed by atoms with Crippen molar-refractivity contribution in [2.45, 2.75) is 39.2 Å². The van der Waals surface area contributed by atoms with E-state index in [0.717, 1.165) is 63.4 Å². The van der Waals surface area contributed by atoms with Crippen LogP contribution in [0.2, 0.25) is 0 Å². The molecule has 2 saturated heterocycles. The van der Waals surface area contributed by atoms with Crippen LogP contribution in [0.15, 0.2) is 21.5 Å². The third kappa shape index (κ3) is 6.09. The van der Waals surface area contributed by atoms with Gasteiger partial charge >= 0.3 is 0 Å². The molecular formula is C20H35IN4O2. The van der Waals surface area contributed by atoms with Crippen molar-refractivity contribution < 1.29 is 9.15 Å². The van der Waals surface area contributed by atoms with Gasteiger partial charge in [0.05, 0.1) is 19.2 Å². The lowest BCUT2D eigenvalue weighted by Crippen LogP contribution is -2.41. The molecule has 2 unspecified atom stereocenters. The molecule has 0 spiro atoms. The Hall–Kier alpha value is -0.800. The Kier molecular flexibility index (Phi) is 9.38. The van der Waals surface area contributed by atoms with Gasteiger partial charge in [-0.25, -0.2) is 0 Å². The second-order valence-corrected chi connectivity index (χ2v) is 7.46. The maximum absolute atomic E-state index is 5.96. The highest BCUT2D eigenvalue weighted by atomic mass is 127. The highest BCUT2D eigenvalue weighted by molar-refractivity contribution is 14.0. The second-order valence-electron chi connectivity index (χ2n) is 7.46. The van der Waals surface area contributed by atoms with Gasteiger partial charge in [0.2, 0.25) is 0 Å². The van der Waals surface area contributed by atoms with Gasteiger partial charge in [0, 0.05) is 32.7 Å². The lowest BCUT2D eigenvalue weighted by molar-refractivity contribution is 0.157. The number of aryl methyl sites for hydroxylation is 1. The molecule has 2 aliphatic heterocycles. The first-order valence-corrected chi connectivity index (χ1v) is 10.0. The van der Waals surface area contributed by atoms with Crippen molar-refractivity contribution in [1.29, 1.82) is 0 Å². The number of hydrogen-bond acceptors (Lipinski definition) is 4. The van der Waals surface area contributed by atoms with Crippen molar-refractivity contribution in [3.63, 3.8) is 0 Å². The van der Waals surface area contributed by atoms with Gasteiger partial charge in [0.1, 0.15) is 11.5 Å². The first kappa shape index (κ1) is 22.5. The van der Waals surface area contributed by atoms with E-state index in [9.17, 15) is 0 Å². The minimum Gasteiger partial charge on any atom is -0.465 e. The van der Waals surface area contributed by atoms with Crippen LogP contribution in [0.3, 0.4) is 0 Å². The van der Waals surface area contributed by atoms with E-state index >= 15 is 0 Å². The summed E-state index contributed by atoms with van der Waals surface area (Å²) < 4.78 is 11.3. The van der Waals surface area contributed by atoms with Gasteiger partial charge in [-0.2, -0.15) is 0 Å². The van der Waals surface area contributed by atoms with Crippen LogP contribution in [0.25, 0.3) is 0 Å². The molecule has 0 bridgehead atoms. The minimum atomic E-state index is 0. The summed E-state index contributed by atoms with van der Waals surface area (Å²) in [6, 6.07) is 4.41. The van der Waals surface area contributed by atoms with Gasteiger partial charge < -0.3 is 19.4 Å². The molecule has 1 aromatic heterocycles. The topological polar surface area (TPSA) is 53.2 Å². The number of ether oxygens (including phenoxy) is 1. The Balaban J connectivity index is 0.00000261. The molecule has 7 heteroatoms. The molecule has 2 aliphatic rings. The highest BCUT2D eigenvalue weighted by Crippen LogP contribution is 2.27. The van der Waals surface area contributed by atoms with Gasteiger partial charge in [0.15, 0.2) is 5.96 Å². The number of aliphatic imine (C=N–C) groups is 1. The predicted octanol–water partition coefficient (Wildman–Crippen LogP) is 3.28. The zero-order valence-corrected chi connectivity index (χ0v) is 19.3. The highest BCUT2D eigenvalue weighted by Gasteiger charge is 2.28. The molecule has 3 rings (SSSR count). The average Bonchev–Trinajstić information content (AvgIpc) is 3.37. The number of likely N-dealkylation sites (tertiary alicyclic amines) is 2. The van der Waals surface area contributed by atoms with Crippen LogP contribution in [0, 0.1) is 12.8 Å². The van der Waals surface area contributed by atoms with Gasteiger partial charge in [-0.05, 0) is 58.3 Å². The number of rotatable bonds is 7. The normalized spacial score (nSPS) is 22.1. The van der Waals surface area contributed by atoms with Gasteiger partial charge in [-0.15, -0.1) is 24.0 Å². The predicted molar refractivity (Wildman–Crippen MR) is 120 cm³/mol. The minimum absolute atomic E-state index is 0. The number of methoxy groups -OCH3 is 1. The number of halogens is 1. The molecule has 27 heavy (non-hydrogen) atoms. The largest absolute Gasteiger partial charge is 0.465 e. The summed E-state index contributed by atoms with van der Waals surface area (Å²) in [5, 5.41) is 3.48. The smallest absolute Gasteiger partial charge is 0.193 e. The Morgan fingerprint density at radius 3 is 2.74 bits per heavy atom. The van der Waals surface area contributed by atoms with Gasteiger partial charge in [0.25, 0.3) is 0 Å². The SMILES string of the molecule is CCNC(=NCC(c1ccc(C)o1)N1CCCC1)N1CCC(COC)C1.I. The monoisotopic (exact) mass is 490 g/mol. The first-order valence-electron chi connectivity index (χ1n) is 10.0. The van der Waals surface area contributed by atoms with Crippen LogP contribution >= 0.6 is 24.0 Å². The summed E-state index contributed by atoms with van der Waals surface area (Å²) in [4.78, 5) is 9.90. The quantitative estimate of drug-likeness (QED) is 0.361. The van der Waals surface area contributed by atoms with Crippen molar-refractivity contribution in [1.82, 2.24) is 15.1 Å². The van der Waals surface area contributed by atoms with Gasteiger partial charge in [-0.3, -0.25) is 9.89 Å². The third-order valence-corrected chi connectivity index (χ3v) is 5.41. The fraction of sp³-hybridized carbons (Fsp3) is 0.750. The Morgan fingerprint density at radius 2 is 2.11 bits per heavy atom. The maximum Gasteiger partial charge on any atom is 0.193 e. The van der Waals surface area contributed by atoms with Crippen molar-refractivity contribution in [3.05, 3.63) is 23.7 Å². The summed E-state index contributed by atoms with van der Waals surface area (Å²) in [6.07, 6.45) is 3.71. The Labute approximate surface area is 180 Å². The Bertz CT molecular complexity index is 586. The lowest BCUT2D eigenvalue weighted by Gasteiger charge is -2.26. The maximum atomic E-state index is 5.96. The molecule has 0 amide bonds. The number of nitrogens with zero attached hydrogens (tertiary/aromatic N) is 3. The van der Waals surface area contributed by atoms with Crippen LogP contribution in [0.5, 0.6) is 0 Å². The van der Waals surface area contributed by atoms with Crippen molar-refractivity contribution >= 4 is 29.9 Å². The second kappa shape index (κ2) is 11.3. The molecule has 6 nitrogen and oxygen atoms in total. The average molecular weight is 490 g/mol. The molecule has 1 N–H and O–H groups in total. The van der Waals surface area contributed by atoms with E-state index in [1.165, 1.54) is 19.3 Å². The summed E-state index contributed by atoms with van der Waals surface area (Å²) in [6.45, 7) is 10.9. The van der Waals surface area contributed by atoms with Crippen LogP contribution in [0.1, 0.15) is 43.7 Å². The molecule has 154 valence electrons. The van der Waals surface area contributed by atoms with Crippen LogP contribution in [-0.4, -0.2) is 68.7 Å². The molecule has 2 fully saturated rings. The number of nitrogens with one attached hydrogen (secondary N) is 1. The summed E-state index contributed by atoms with van der Waals surface area (Å²) in [5.74, 6) is 3.65. The molecule has 3 heterocycles. The van der Waals surface area contributed by atoms with Crippen molar-refractivity contribution in [3.8, 4) is 0 Å².